The molecule has 0 radical (unpaired) electrons. The van der Waals surface area contributed by atoms with Gasteiger partial charge in [-0.1, -0.05) is 6.07 Å². The summed E-state index contributed by atoms with van der Waals surface area (Å²) in [5.41, 5.74) is 4.80. The molecule has 0 saturated carbocycles. The molecule has 2 aromatic carbocycles. The van der Waals surface area contributed by atoms with Crippen molar-refractivity contribution in [2.75, 3.05) is 22.5 Å². The number of nitrogens with one attached hydrogen (secondary N) is 4. The molecule has 0 aliphatic heterocycles. The number of rotatable bonds is 8. The molecule has 1 aromatic heterocycles. The Labute approximate surface area is 221 Å². The summed E-state index contributed by atoms with van der Waals surface area (Å²) in [6.07, 6.45) is -5.04. The standard InChI is InChI=1S/C23H20F4N6O5S/c1-10-8-12(30-22(38)31-15-9-11(23(25,26)27)2-5-14(15)24)3-4-13(10)18-17(19(28)36)20(39-33-18)32-21(37)29-7-6-16(34)35/h2-5,8-9H,6-7H2,1H3,(H2,28,36)(H,34,35)(H2,29,32,37)(H2,30,31,38). The van der Waals surface area contributed by atoms with Crippen molar-refractivity contribution < 1.29 is 41.8 Å². The zero-order valence-corrected chi connectivity index (χ0v) is 20.7. The third-order valence-corrected chi connectivity index (χ3v) is 5.83. The number of nitrogens with zero attached hydrogens (tertiary/aromatic N) is 1. The van der Waals surface area contributed by atoms with Gasteiger partial charge in [-0.3, -0.25) is 14.9 Å². The lowest BCUT2D eigenvalue weighted by atomic mass is 10.0. The number of aromatic nitrogens is 1. The van der Waals surface area contributed by atoms with Crippen LogP contribution < -0.4 is 27.0 Å². The molecule has 3 aromatic rings. The number of hydrogen-bond acceptors (Lipinski definition) is 6. The van der Waals surface area contributed by atoms with Gasteiger partial charge in [0.1, 0.15) is 16.4 Å². The minimum Gasteiger partial charge on any atom is -0.481 e. The Kier molecular flexibility index (Phi) is 8.70. The van der Waals surface area contributed by atoms with Crippen LogP contribution in [0.1, 0.15) is 27.9 Å². The second-order valence-corrected chi connectivity index (χ2v) is 8.70. The van der Waals surface area contributed by atoms with Gasteiger partial charge in [0.15, 0.2) is 0 Å². The van der Waals surface area contributed by atoms with Gasteiger partial charge in [-0.25, -0.2) is 14.0 Å². The molecule has 7 N–H and O–H groups in total. The molecule has 206 valence electrons. The van der Waals surface area contributed by atoms with Gasteiger partial charge in [0.05, 0.1) is 23.4 Å². The van der Waals surface area contributed by atoms with Crippen molar-refractivity contribution in [2.24, 2.45) is 5.73 Å². The number of halogens is 4. The van der Waals surface area contributed by atoms with Gasteiger partial charge in [-0.15, -0.1) is 0 Å². The van der Waals surface area contributed by atoms with E-state index >= 15 is 0 Å². The van der Waals surface area contributed by atoms with Crippen LogP contribution in [0.4, 0.5) is 43.5 Å². The number of carboxylic acid groups (broad SMARTS) is 1. The van der Waals surface area contributed by atoms with Crippen LogP contribution in [0.15, 0.2) is 36.4 Å². The Morgan fingerprint density at radius 2 is 1.74 bits per heavy atom. The fourth-order valence-corrected chi connectivity index (χ4v) is 4.11. The SMILES string of the molecule is Cc1cc(NC(=O)Nc2cc(C(F)(F)F)ccc2F)ccc1-c1nsc(NC(=O)NCCC(=O)O)c1C(N)=O. The van der Waals surface area contributed by atoms with Gasteiger partial charge in [-0.05, 0) is 54.4 Å². The van der Waals surface area contributed by atoms with Crippen LogP contribution in [0.25, 0.3) is 11.3 Å². The predicted octanol–water partition coefficient (Wildman–Crippen LogP) is 4.62. The molecule has 1 heterocycles. The molecule has 0 bridgehead atoms. The number of amides is 5. The monoisotopic (exact) mass is 568 g/mol. The van der Waals surface area contributed by atoms with E-state index < -0.39 is 47.2 Å². The van der Waals surface area contributed by atoms with Gasteiger partial charge in [-0.2, -0.15) is 17.5 Å². The smallest absolute Gasteiger partial charge is 0.416 e. The van der Waals surface area contributed by atoms with Crippen LogP contribution in [0.3, 0.4) is 0 Å². The number of carbonyl (C=O) groups is 4. The Hall–Kier alpha value is -4.73. The van der Waals surface area contributed by atoms with Crippen molar-refractivity contribution in [3.63, 3.8) is 0 Å². The molecule has 0 unspecified atom stereocenters. The summed E-state index contributed by atoms with van der Waals surface area (Å²) < 4.78 is 56.8. The fraction of sp³-hybridized carbons (Fsp3) is 0.174. The molecule has 16 heteroatoms. The number of primary amides is 1. The molecule has 0 spiro atoms. The fourth-order valence-electron chi connectivity index (χ4n) is 3.31. The van der Waals surface area contributed by atoms with Crippen molar-refractivity contribution in [1.82, 2.24) is 9.69 Å². The van der Waals surface area contributed by atoms with E-state index in [1.54, 1.807) is 6.92 Å². The average molecular weight is 569 g/mol. The number of aryl methyl sites for hydroxylation is 1. The third kappa shape index (κ3) is 7.41. The maximum absolute atomic E-state index is 13.9. The van der Waals surface area contributed by atoms with E-state index in [9.17, 15) is 36.7 Å². The third-order valence-electron chi connectivity index (χ3n) is 5.07. The number of aliphatic carboxylic acids is 1. The molecule has 11 nitrogen and oxygen atoms in total. The van der Waals surface area contributed by atoms with E-state index in [4.69, 9.17) is 10.8 Å². The van der Waals surface area contributed by atoms with E-state index in [2.05, 4.69) is 20.3 Å². The van der Waals surface area contributed by atoms with Crippen LogP contribution in [0.2, 0.25) is 0 Å². The summed E-state index contributed by atoms with van der Waals surface area (Å²) in [7, 11) is 0. The molecule has 0 fully saturated rings. The zero-order chi connectivity index (χ0) is 28.9. The summed E-state index contributed by atoms with van der Waals surface area (Å²) in [5, 5.41) is 17.8. The number of hydrogen-bond donors (Lipinski definition) is 6. The maximum atomic E-state index is 13.9. The highest BCUT2D eigenvalue weighted by atomic mass is 32.1. The Balaban J connectivity index is 1.76. The molecule has 0 saturated heterocycles. The topological polar surface area (TPSA) is 176 Å². The first-order chi connectivity index (χ1) is 18.3. The van der Waals surface area contributed by atoms with Crippen LogP contribution in [0, 0.1) is 12.7 Å². The Morgan fingerprint density at radius 1 is 1.03 bits per heavy atom. The first-order valence-electron chi connectivity index (χ1n) is 10.9. The molecule has 0 aliphatic carbocycles. The van der Waals surface area contributed by atoms with E-state index in [-0.39, 0.29) is 34.9 Å². The largest absolute Gasteiger partial charge is 0.481 e. The van der Waals surface area contributed by atoms with Crippen LogP contribution >= 0.6 is 11.5 Å². The number of alkyl halides is 3. The van der Waals surface area contributed by atoms with Gasteiger partial charge in [0, 0.05) is 17.8 Å². The number of carbonyl (C=O) groups excluding carboxylic acids is 3. The lowest BCUT2D eigenvalue weighted by molar-refractivity contribution is -0.138. The summed E-state index contributed by atoms with van der Waals surface area (Å²) in [6, 6.07) is 4.17. The number of anilines is 3. The van der Waals surface area contributed by atoms with Gasteiger partial charge in [0.2, 0.25) is 0 Å². The van der Waals surface area contributed by atoms with Crippen molar-refractivity contribution >= 4 is 51.8 Å². The second-order valence-electron chi connectivity index (χ2n) is 7.93. The van der Waals surface area contributed by atoms with E-state index in [1.807, 2.05) is 5.32 Å². The highest BCUT2D eigenvalue weighted by molar-refractivity contribution is 7.11. The second kappa shape index (κ2) is 11.8. The van der Waals surface area contributed by atoms with Crippen molar-refractivity contribution in [3.8, 4) is 11.3 Å². The number of urea groups is 2. The minimum absolute atomic E-state index is 0.0226. The van der Waals surface area contributed by atoms with Gasteiger partial charge in [0.25, 0.3) is 5.91 Å². The van der Waals surface area contributed by atoms with E-state index in [1.165, 1.54) is 18.2 Å². The van der Waals surface area contributed by atoms with E-state index in [0.29, 0.717) is 29.3 Å². The number of nitrogens with two attached hydrogens (primary N) is 1. The lowest BCUT2D eigenvalue weighted by Gasteiger charge is -2.13. The predicted molar refractivity (Wildman–Crippen MR) is 134 cm³/mol. The quantitative estimate of drug-likeness (QED) is 0.216. The molecular formula is C23H20F4N6O5S. The van der Waals surface area contributed by atoms with Gasteiger partial charge >= 0.3 is 24.2 Å². The number of carboxylic acids is 1. The summed E-state index contributed by atoms with van der Waals surface area (Å²) in [4.78, 5) is 47.1. The molecule has 3 rings (SSSR count). The average Bonchev–Trinajstić information content (AvgIpc) is 3.22. The van der Waals surface area contributed by atoms with E-state index in [0.717, 1.165) is 11.5 Å². The number of benzene rings is 2. The Morgan fingerprint density at radius 3 is 2.36 bits per heavy atom. The molecular weight excluding hydrogens is 548 g/mol. The minimum atomic E-state index is -4.73. The molecule has 0 atom stereocenters. The first kappa shape index (κ1) is 28.8. The zero-order valence-electron chi connectivity index (χ0n) is 19.9. The van der Waals surface area contributed by atoms with Crippen molar-refractivity contribution in [1.29, 1.82) is 0 Å². The maximum Gasteiger partial charge on any atom is 0.416 e. The molecule has 39 heavy (non-hydrogen) atoms. The van der Waals surface area contributed by atoms with Crippen LogP contribution in [-0.2, 0) is 11.0 Å². The molecule has 5 amide bonds. The summed E-state index contributed by atoms with van der Waals surface area (Å²) >= 11 is 0.762. The molecule has 0 aliphatic rings. The normalized spacial score (nSPS) is 11.0. The van der Waals surface area contributed by atoms with Crippen molar-refractivity contribution in [3.05, 3.63) is 58.9 Å². The first-order valence-corrected chi connectivity index (χ1v) is 11.7. The highest BCUT2D eigenvalue weighted by Gasteiger charge is 2.31. The Bertz CT molecular complexity index is 1440. The lowest BCUT2D eigenvalue weighted by Crippen LogP contribution is -2.31. The highest BCUT2D eigenvalue weighted by Crippen LogP contribution is 2.35. The van der Waals surface area contributed by atoms with Crippen LogP contribution in [0.5, 0.6) is 0 Å². The van der Waals surface area contributed by atoms with Crippen molar-refractivity contribution in [2.45, 2.75) is 19.5 Å². The van der Waals surface area contributed by atoms with Gasteiger partial charge < -0.3 is 26.8 Å². The summed E-state index contributed by atoms with van der Waals surface area (Å²) in [6.45, 7) is 1.46. The summed E-state index contributed by atoms with van der Waals surface area (Å²) in [5.74, 6) is -3.07. The van der Waals surface area contributed by atoms with Crippen LogP contribution in [-0.4, -0.2) is 40.0 Å².